The molecule has 0 aliphatic heterocycles. The highest BCUT2D eigenvalue weighted by Crippen LogP contribution is 2.20. The molecule has 118 valence electrons. The van der Waals surface area contributed by atoms with Gasteiger partial charge in [-0.2, -0.15) is 8.78 Å². The van der Waals surface area contributed by atoms with Crippen LogP contribution in [0.15, 0.2) is 28.8 Å². The smallest absolute Gasteiger partial charge is 0.387 e. The van der Waals surface area contributed by atoms with Crippen LogP contribution in [-0.2, 0) is 11.2 Å². The van der Waals surface area contributed by atoms with Gasteiger partial charge in [0, 0.05) is 23.7 Å². The first-order valence-corrected chi connectivity index (χ1v) is 6.72. The fraction of sp³-hybridized carbons (Fsp3) is 0.333. The molecule has 0 saturated heterocycles. The molecule has 5 nitrogen and oxygen atoms in total. The highest BCUT2D eigenvalue weighted by atomic mass is 19.3. The first-order valence-electron chi connectivity index (χ1n) is 6.72. The van der Waals surface area contributed by atoms with Crippen LogP contribution < -0.4 is 10.1 Å². The summed E-state index contributed by atoms with van der Waals surface area (Å²) < 4.78 is 33.6. The lowest BCUT2D eigenvalue weighted by atomic mass is 10.1. The van der Waals surface area contributed by atoms with Gasteiger partial charge in [-0.15, -0.1) is 0 Å². The van der Waals surface area contributed by atoms with Gasteiger partial charge in [-0.25, -0.2) is 0 Å². The first-order chi connectivity index (χ1) is 10.5. The Balaban J connectivity index is 1.92. The molecule has 22 heavy (non-hydrogen) atoms. The number of carbonyl (C=O) groups is 1. The van der Waals surface area contributed by atoms with Crippen molar-refractivity contribution >= 4 is 11.6 Å². The fourth-order valence-electron chi connectivity index (χ4n) is 2.07. The summed E-state index contributed by atoms with van der Waals surface area (Å²) in [4.78, 5) is 11.9. The molecule has 1 aromatic heterocycles. The maximum absolute atomic E-state index is 12.1. The summed E-state index contributed by atoms with van der Waals surface area (Å²) >= 11 is 0. The van der Waals surface area contributed by atoms with E-state index in [9.17, 15) is 13.6 Å². The second kappa shape index (κ2) is 7.02. The Hall–Kier alpha value is -2.44. The number of amides is 1. The van der Waals surface area contributed by atoms with Crippen molar-refractivity contribution in [3.05, 3.63) is 41.3 Å². The van der Waals surface area contributed by atoms with Crippen LogP contribution in [0.4, 0.5) is 14.5 Å². The molecule has 0 fully saturated rings. The van der Waals surface area contributed by atoms with Crippen molar-refractivity contribution in [3.63, 3.8) is 0 Å². The number of halogens is 2. The molecule has 1 N–H and O–H groups in total. The Morgan fingerprint density at radius 1 is 1.41 bits per heavy atom. The van der Waals surface area contributed by atoms with Crippen LogP contribution in [0.1, 0.15) is 23.4 Å². The summed E-state index contributed by atoms with van der Waals surface area (Å²) in [6.07, 6.45) is 0.739. The zero-order valence-electron chi connectivity index (χ0n) is 12.2. The molecule has 7 heteroatoms. The number of alkyl halides is 2. The van der Waals surface area contributed by atoms with Gasteiger partial charge < -0.3 is 14.6 Å². The van der Waals surface area contributed by atoms with Gasteiger partial charge in [0.05, 0.1) is 5.69 Å². The third-order valence-corrected chi connectivity index (χ3v) is 3.13. The quantitative estimate of drug-likeness (QED) is 0.887. The van der Waals surface area contributed by atoms with E-state index in [-0.39, 0.29) is 18.1 Å². The maximum Gasteiger partial charge on any atom is 0.387 e. The summed E-state index contributed by atoms with van der Waals surface area (Å²) in [6.45, 7) is 0.707. The summed E-state index contributed by atoms with van der Waals surface area (Å²) in [5.41, 5.74) is 2.07. The van der Waals surface area contributed by atoms with E-state index in [4.69, 9.17) is 4.52 Å². The van der Waals surface area contributed by atoms with Crippen LogP contribution in [0.2, 0.25) is 0 Å². The van der Waals surface area contributed by atoms with E-state index in [2.05, 4.69) is 15.2 Å². The summed E-state index contributed by atoms with van der Waals surface area (Å²) in [5, 5.41) is 6.47. The normalized spacial score (nSPS) is 10.8. The average Bonchev–Trinajstić information content (AvgIpc) is 2.75. The zero-order chi connectivity index (χ0) is 16.1. The van der Waals surface area contributed by atoms with Crippen LogP contribution in [0.5, 0.6) is 5.75 Å². The van der Waals surface area contributed by atoms with Gasteiger partial charge in [-0.3, -0.25) is 4.79 Å². The summed E-state index contributed by atoms with van der Waals surface area (Å²) in [6, 6.07) is 5.87. The molecule has 2 aromatic rings. The number of aromatic nitrogens is 1. The molecule has 0 aliphatic rings. The molecule has 1 aromatic carbocycles. The zero-order valence-corrected chi connectivity index (χ0v) is 12.2. The minimum absolute atomic E-state index is 0.00137. The number of hydrogen-bond acceptors (Lipinski definition) is 4. The number of ether oxygens (including phenoxy) is 1. The van der Waals surface area contributed by atoms with E-state index < -0.39 is 6.61 Å². The topological polar surface area (TPSA) is 64.4 Å². The Morgan fingerprint density at radius 3 is 2.82 bits per heavy atom. The molecule has 0 atom stereocenters. The number of nitrogens with zero attached hydrogens (tertiary/aromatic N) is 1. The van der Waals surface area contributed by atoms with E-state index in [0.29, 0.717) is 17.9 Å². The van der Waals surface area contributed by atoms with E-state index >= 15 is 0 Å². The number of anilines is 1. The minimum atomic E-state index is -2.90. The summed E-state index contributed by atoms with van der Waals surface area (Å²) in [5.74, 6) is 0.463. The molecular formula is C15H16F2N2O3. The predicted molar refractivity (Wildman–Crippen MR) is 76.0 cm³/mol. The highest BCUT2D eigenvalue weighted by molar-refractivity contribution is 5.91. The predicted octanol–water partition coefficient (Wildman–Crippen LogP) is 3.46. The third-order valence-electron chi connectivity index (χ3n) is 3.13. The molecule has 0 unspecified atom stereocenters. The number of aryl methyl sites for hydroxylation is 2. The minimum Gasteiger partial charge on any atom is -0.435 e. The third kappa shape index (κ3) is 4.28. The van der Waals surface area contributed by atoms with Crippen molar-refractivity contribution in [2.24, 2.45) is 0 Å². The van der Waals surface area contributed by atoms with Crippen LogP contribution in [0, 0.1) is 13.8 Å². The van der Waals surface area contributed by atoms with E-state index in [0.717, 1.165) is 11.3 Å². The van der Waals surface area contributed by atoms with Gasteiger partial charge in [0.25, 0.3) is 0 Å². The van der Waals surface area contributed by atoms with Gasteiger partial charge in [-0.05, 0) is 32.4 Å². The second-order valence-corrected chi connectivity index (χ2v) is 4.76. The summed E-state index contributed by atoms with van der Waals surface area (Å²) in [7, 11) is 0. The monoisotopic (exact) mass is 310 g/mol. The molecule has 2 rings (SSSR count). The van der Waals surface area contributed by atoms with Crippen molar-refractivity contribution in [1.82, 2.24) is 5.16 Å². The number of hydrogen-bond donors (Lipinski definition) is 1. The standard InChI is InChI=1S/C15H16F2N2O3/c1-9-13(10(2)22-19-9)6-7-14(20)18-11-4-3-5-12(8-11)21-15(16)17/h3-5,8,15H,6-7H2,1-2H3,(H,18,20). The highest BCUT2D eigenvalue weighted by Gasteiger charge is 2.12. The lowest BCUT2D eigenvalue weighted by Gasteiger charge is -2.08. The molecule has 1 amide bonds. The number of nitrogens with one attached hydrogen (secondary N) is 1. The van der Waals surface area contributed by atoms with Gasteiger partial charge in [0.15, 0.2) is 0 Å². The molecule has 0 radical (unpaired) electrons. The largest absolute Gasteiger partial charge is 0.435 e. The van der Waals surface area contributed by atoms with Gasteiger partial charge in [0.1, 0.15) is 11.5 Å². The lowest BCUT2D eigenvalue weighted by Crippen LogP contribution is -2.13. The van der Waals surface area contributed by atoms with Crippen LogP contribution >= 0.6 is 0 Å². The molecule has 0 saturated carbocycles. The Bertz CT molecular complexity index is 636. The molecule has 0 bridgehead atoms. The van der Waals surface area contributed by atoms with Crippen LogP contribution in [-0.4, -0.2) is 17.7 Å². The number of carbonyl (C=O) groups excluding carboxylic acids is 1. The Morgan fingerprint density at radius 2 is 2.18 bits per heavy atom. The van der Waals surface area contributed by atoms with E-state index in [1.54, 1.807) is 13.0 Å². The Kier molecular flexibility index (Phi) is 5.08. The molecular weight excluding hydrogens is 294 g/mol. The van der Waals surface area contributed by atoms with Crippen molar-refractivity contribution in [3.8, 4) is 5.75 Å². The van der Waals surface area contributed by atoms with Crippen LogP contribution in [0.25, 0.3) is 0 Å². The molecule has 0 aliphatic carbocycles. The average molecular weight is 310 g/mol. The van der Waals surface area contributed by atoms with Crippen molar-refractivity contribution in [2.75, 3.05) is 5.32 Å². The SMILES string of the molecule is Cc1noc(C)c1CCC(=O)Nc1cccc(OC(F)F)c1. The van der Waals surface area contributed by atoms with Gasteiger partial charge in [0.2, 0.25) is 5.91 Å². The van der Waals surface area contributed by atoms with Gasteiger partial charge in [-0.1, -0.05) is 11.2 Å². The van der Waals surface area contributed by atoms with Crippen molar-refractivity contribution in [2.45, 2.75) is 33.3 Å². The van der Waals surface area contributed by atoms with E-state index in [1.165, 1.54) is 18.2 Å². The fourth-order valence-corrected chi connectivity index (χ4v) is 2.07. The second-order valence-electron chi connectivity index (χ2n) is 4.76. The van der Waals surface area contributed by atoms with Crippen LogP contribution in [0.3, 0.4) is 0 Å². The van der Waals surface area contributed by atoms with Crippen molar-refractivity contribution in [1.29, 1.82) is 0 Å². The maximum atomic E-state index is 12.1. The number of benzene rings is 1. The lowest BCUT2D eigenvalue weighted by molar-refractivity contribution is -0.116. The first kappa shape index (κ1) is 15.9. The number of rotatable bonds is 6. The molecule has 1 heterocycles. The van der Waals surface area contributed by atoms with E-state index in [1.807, 2.05) is 6.92 Å². The molecule has 0 spiro atoms. The Labute approximate surface area is 126 Å². The van der Waals surface area contributed by atoms with Gasteiger partial charge >= 0.3 is 6.61 Å². The van der Waals surface area contributed by atoms with Crippen molar-refractivity contribution < 1.29 is 22.8 Å².